The SMILES string of the molecule is CCN(C(=O)c1ccc(NCC(=O)NC)cc1)c1ccccc1. The molecule has 0 aliphatic heterocycles. The van der Waals surface area contributed by atoms with Crippen molar-refractivity contribution in [2.75, 3.05) is 30.4 Å². The van der Waals surface area contributed by atoms with Crippen molar-refractivity contribution in [3.05, 3.63) is 60.2 Å². The highest BCUT2D eigenvalue weighted by Crippen LogP contribution is 2.18. The minimum absolute atomic E-state index is 0.0449. The summed E-state index contributed by atoms with van der Waals surface area (Å²) in [6, 6.07) is 16.7. The van der Waals surface area contributed by atoms with Gasteiger partial charge in [-0.1, -0.05) is 18.2 Å². The number of nitrogens with zero attached hydrogens (tertiary/aromatic N) is 1. The number of amides is 2. The van der Waals surface area contributed by atoms with E-state index in [0.717, 1.165) is 11.4 Å². The van der Waals surface area contributed by atoms with Crippen LogP contribution in [0, 0.1) is 0 Å². The lowest BCUT2D eigenvalue weighted by Gasteiger charge is -2.21. The molecule has 0 saturated carbocycles. The number of rotatable bonds is 6. The predicted octanol–water partition coefficient (Wildman–Crippen LogP) is 2.51. The fraction of sp³-hybridized carbons (Fsp3) is 0.222. The Hall–Kier alpha value is -2.82. The summed E-state index contributed by atoms with van der Waals surface area (Å²) in [6.45, 7) is 2.75. The van der Waals surface area contributed by atoms with Crippen LogP contribution < -0.4 is 15.5 Å². The molecule has 23 heavy (non-hydrogen) atoms. The maximum absolute atomic E-state index is 12.6. The summed E-state index contributed by atoms with van der Waals surface area (Å²) in [5.74, 6) is -0.136. The quantitative estimate of drug-likeness (QED) is 0.861. The lowest BCUT2D eigenvalue weighted by atomic mass is 10.1. The summed E-state index contributed by atoms with van der Waals surface area (Å²) in [6.07, 6.45) is 0. The maximum atomic E-state index is 12.6. The minimum Gasteiger partial charge on any atom is -0.376 e. The van der Waals surface area contributed by atoms with Gasteiger partial charge in [0.2, 0.25) is 5.91 Å². The average Bonchev–Trinajstić information content (AvgIpc) is 2.61. The van der Waals surface area contributed by atoms with Gasteiger partial charge in [0.15, 0.2) is 0 Å². The Labute approximate surface area is 136 Å². The third kappa shape index (κ3) is 4.32. The summed E-state index contributed by atoms with van der Waals surface area (Å²) in [5.41, 5.74) is 2.29. The number of hydrogen-bond acceptors (Lipinski definition) is 3. The van der Waals surface area contributed by atoms with E-state index in [1.54, 1.807) is 36.2 Å². The van der Waals surface area contributed by atoms with Crippen LogP contribution in [-0.4, -0.2) is 32.0 Å². The van der Waals surface area contributed by atoms with Gasteiger partial charge in [0, 0.05) is 30.5 Å². The van der Waals surface area contributed by atoms with Crippen LogP contribution in [0.3, 0.4) is 0 Å². The first-order valence-corrected chi connectivity index (χ1v) is 7.57. The highest BCUT2D eigenvalue weighted by atomic mass is 16.2. The number of likely N-dealkylation sites (N-methyl/N-ethyl adjacent to an activating group) is 1. The third-order valence-electron chi connectivity index (χ3n) is 3.49. The second kappa shape index (κ2) is 7.98. The zero-order chi connectivity index (χ0) is 16.7. The van der Waals surface area contributed by atoms with Crippen LogP contribution in [0.1, 0.15) is 17.3 Å². The molecule has 120 valence electrons. The summed E-state index contributed by atoms with van der Waals surface area (Å²) in [4.78, 5) is 25.6. The third-order valence-corrected chi connectivity index (χ3v) is 3.49. The van der Waals surface area contributed by atoms with Gasteiger partial charge < -0.3 is 15.5 Å². The Morgan fingerprint density at radius 3 is 2.22 bits per heavy atom. The van der Waals surface area contributed by atoms with Crippen molar-refractivity contribution in [2.24, 2.45) is 0 Å². The molecule has 0 atom stereocenters. The number of nitrogens with one attached hydrogen (secondary N) is 2. The molecule has 0 aliphatic rings. The van der Waals surface area contributed by atoms with E-state index in [0.29, 0.717) is 12.1 Å². The van der Waals surface area contributed by atoms with Crippen LogP contribution in [0.15, 0.2) is 54.6 Å². The van der Waals surface area contributed by atoms with Gasteiger partial charge in [0.25, 0.3) is 5.91 Å². The number of carbonyl (C=O) groups is 2. The number of hydrogen-bond donors (Lipinski definition) is 2. The molecular formula is C18H21N3O2. The minimum atomic E-state index is -0.0913. The summed E-state index contributed by atoms with van der Waals surface area (Å²) >= 11 is 0. The second-order valence-corrected chi connectivity index (χ2v) is 4.99. The molecule has 0 radical (unpaired) electrons. The smallest absolute Gasteiger partial charge is 0.258 e. The Kier molecular flexibility index (Phi) is 5.74. The summed E-state index contributed by atoms with van der Waals surface area (Å²) in [7, 11) is 1.59. The van der Waals surface area contributed by atoms with Crippen LogP contribution in [0.25, 0.3) is 0 Å². The van der Waals surface area contributed by atoms with E-state index in [4.69, 9.17) is 0 Å². The van der Waals surface area contributed by atoms with Crippen molar-refractivity contribution >= 4 is 23.2 Å². The molecule has 0 spiro atoms. The fourth-order valence-corrected chi connectivity index (χ4v) is 2.21. The van der Waals surface area contributed by atoms with Crippen molar-refractivity contribution in [2.45, 2.75) is 6.92 Å². The topological polar surface area (TPSA) is 61.4 Å². The Morgan fingerprint density at radius 1 is 1.00 bits per heavy atom. The van der Waals surface area contributed by atoms with Crippen LogP contribution in [-0.2, 0) is 4.79 Å². The summed E-state index contributed by atoms with van der Waals surface area (Å²) < 4.78 is 0. The Bertz CT molecular complexity index is 654. The van der Waals surface area contributed by atoms with Crippen molar-refractivity contribution in [3.63, 3.8) is 0 Å². The molecule has 0 bridgehead atoms. The molecule has 5 nitrogen and oxygen atoms in total. The number of benzene rings is 2. The molecule has 2 rings (SSSR count). The van der Waals surface area contributed by atoms with Gasteiger partial charge in [0.05, 0.1) is 6.54 Å². The van der Waals surface area contributed by atoms with Gasteiger partial charge in [-0.05, 0) is 43.3 Å². The number of anilines is 2. The van der Waals surface area contributed by atoms with E-state index in [2.05, 4.69) is 10.6 Å². The van der Waals surface area contributed by atoms with Gasteiger partial charge in [-0.25, -0.2) is 0 Å². The summed E-state index contributed by atoms with van der Waals surface area (Å²) in [5, 5.41) is 5.54. The molecule has 0 aromatic heterocycles. The van der Waals surface area contributed by atoms with E-state index in [1.165, 1.54) is 0 Å². The van der Waals surface area contributed by atoms with Gasteiger partial charge in [0.1, 0.15) is 0 Å². The molecule has 0 heterocycles. The lowest BCUT2D eigenvalue weighted by Crippen LogP contribution is -2.30. The van der Waals surface area contributed by atoms with E-state index in [9.17, 15) is 9.59 Å². The molecule has 0 aliphatic carbocycles. The predicted molar refractivity (Wildman–Crippen MR) is 92.8 cm³/mol. The normalized spacial score (nSPS) is 10.0. The van der Waals surface area contributed by atoms with Gasteiger partial charge in [-0.3, -0.25) is 9.59 Å². The maximum Gasteiger partial charge on any atom is 0.258 e. The number of carbonyl (C=O) groups excluding carboxylic acids is 2. The number of para-hydroxylation sites is 1. The molecule has 0 fully saturated rings. The highest BCUT2D eigenvalue weighted by molar-refractivity contribution is 6.06. The highest BCUT2D eigenvalue weighted by Gasteiger charge is 2.15. The van der Waals surface area contributed by atoms with E-state index in [-0.39, 0.29) is 18.4 Å². The van der Waals surface area contributed by atoms with Crippen LogP contribution in [0.2, 0.25) is 0 Å². The monoisotopic (exact) mass is 311 g/mol. The van der Waals surface area contributed by atoms with Crippen LogP contribution in [0.5, 0.6) is 0 Å². The first-order valence-electron chi connectivity index (χ1n) is 7.57. The van der Waals surface area contributed by atoms with Crippen LogP contribution in [0.4, 0.5) is 11.4 Å². The van der Waals surface area contributed by atoms with Gasteiger partial charge in [-0.2, -0.15) is 0 Å². The standard InChI is InChI=1S/C18H21N3O2/c1-3-21(16-7-5-4-6-8-16)18(23)14-9-11-15(12-10-14)20-13-17(22)19-2/h4-12,20H,3,13H2,1-2H3,(H,19,22). The van der Waals surface area contributed by atoms with E-state index >= 15 is 0 Å². The fourth-order valence-electron chi connectivity index (χ4n) is 2.21. The van der Waals surface area contributed by atoms with Crippen molar-refractivity contribution < 1.29 is 9.59 Å². The van der Waals surface area contributed by atoms with E-state index < -0.39 is 0 Å². The second-order valence-electron chi connectivity index (χ2n) is 4.99. The van der Waals surface area contributed by atoms with Gasteiger partial charge >= 0.3 is 0 Å². The first-order chi connectivity index (χ1) is 11.2. The van der Waals surface area contributed by atoms with Crippen LogP contribution >= 0.6 is 0 Å². The largest absolute Gasteiger partial charge is 0.376 e. The molecule has 5 heteroatoms. The molecule has 2 amide bonds. The van der Waals surface area contributed by atoms with Crippen molar-refractivity contribution in [3.8, 4) is 0 Å². The zero-order valence-electron chi connectivity index (χ0n) is 13.4. The van der Waals surface area contributed by atoms with Gasteiger partial charge in [-0.15, -0.1) is 0 Å². The molecule has 2 N–H and O–H groups in total. The molecule has 2 aromatic carbocycles. The Morgan fingerprint density at radius 2 is 1.65 bits per heavy atom. The van der Waals surface area contributed by atoms with Crippen molar-refractivity contribution in [1.82, 2.24) is 5.32 Å². The Balaban J connectivity index is 2.08. The lowest BCUT2D eigenvalue weighted by molar-refractivity contribution is -0.118. The van der Waals surface area contributed by atoms with E-state index in [1.807, 2.05) is 37.3 Å². The molecule has 0 unspecified atom stereocenters. The zero-order valence-corrected chi connectivity index (χ0v) is 13.4. The van der Waals surface area contributed by atoms with Crippen molar-refractivity contribution in [1.29, 1.82) is 0 Å². The molecular weight excluding hydrogens is 290 g/mol. The molecule has 0 saturated heterocycles. The molecule has 2 aromatic rings. The average molecular weight is 311 g/mol. The first kappa shape index (κ1) is 16.5.